The molecule has 1 amide bonds. The summed E-state index contributed by atoms with van der Waals surface area (Å²) in [6.07, 6.45) is 12.0. The van der Waals surface area contributed by atoms with E-state index in [2.05, 4.69) is 12.2 Å². The molecule has 0 saturated heterocycles. The number of nitrogens with one attached hydrogen (secondary N) is 1. The Morgan fingerprint density at radius 3 is 2.28 bits per heavy atom. The van der Waals surface area contributed by atoms with Gasteiger partial charge < -0.3 is 10.4 Å². The third-order valence-corrected chi connectivity index (χ3v) is 3.91. The van der Waals surface area contributed by atoms with Gasteiger partial charge in [0.25, 0.3) is 0 Å². The van der Waals surface area contributed by atoms with E-state index in [0.29, 0.717) is 13.0 Å². The fourth-order valence-corrected chi connectivity index (χ4v) is 2.36. The van der Waals surface area contributed by atoms with Crippen molar-refractivity contribution in [3.8, 4) is 0 Å². The molecule has 0 aliphatic heterocycles. The second kappa shape index (κ2) is 8.52. The SMILES string of the molecule is CCCCCCCCCC(=O)NCC1(O)CCC1. The van der Waals surface area contributed by atoms with Crippen molar-refractivity contribution in [1.29, 1.82) is 0 Å². The van der Waals surface area contributed by atoms with Crippen LogP contribution in [0.3, 0.4) is 0 Å². The molecule has 2 N–H and O–H groups in total. The van der Waals surface area contributed by atoms with Gasteiger partial charge >= 0.3 is 0 Å². The average Bonchev–Trinajstić information content (AvgIpc) is 2.33. The zero-order chi connectivity index (χ0) is 13.3. The van der Waals surface area contributed by atoms with Crippen molar-refractivity contribution in [3.63, 3.8) is 0 Å². The molecular weight excluding hydrogens is 226 g/mol. The molecule has 18 heavy (non-hydrogen) atoms. The summed E-state index contributed by atoms with van der Waals surface area (Å²) in [5.74, 6) is 0.101. The fourth-order valence-electron chi connectivity index (χ4n) is 2.36. The van der Waals surface area contributed by atoms with E-state index in [4.69, 9.17) is 0 Å². The minimum Gasteiger partial charge on any atom is -0.388 e. The first-order valence-corrected chi connectivity index (χ1v) is 7.65. The van der Waals surface area contributed by atoms with E-state index in [1.807, 2.05) is 0 Å². The van der Waals surface area contributed by atoms with Crippen LogP contribution in [0.15, 0.2) is 0 Å². The van der Waals surface area contributed by atoms with Gasteiger partial charge in [0.1, 0.15) is 0 Å². The maximum absolute atomic E-state index is 11.5. The van der Waals surface area contributed by atoms with Gasteiger partial charge in [-0.25, -0.2) is 0 Å². The lowest BCUT2D eigenvalue weighted by molar-refractivity contribution is -0.123. The molecule has 1 aliphatic rings. The standard InChI is InChI=1S/C15H29NO2/c1-2-3-4-5-6-7-8-10-14(17)16-13-15(18)11-9-12-15/h18H,2-13H2,1H3,(H,16,17). The van der Waals surface area contributed by atoms with E-state index in [1.54, 1.807) is 0 Å². The van der Waals surface area contributed by atoms with E-state index in [1.165, 1.54) is 32.1 Å². The summed E-state index contributed by atoms with van der Waals surface area (Å²) in [6.45, 7) is 2.67. The highest BCUT2D eigenvalue weighted by Gasteiger charge is 2.34. The molecular formula is C15H29NO2. The van der Waals surface area contributed by atoms with Crippen molar-refractivity contribution in [2.45, 2.75) is 83.2 Å². The molecule has 106 valence electrons. The molecule has 0 spiro atoms. The second-order valence-electron chi connectivity index (χ2n) is 5.73. The van der Waals surface area contributed by atoms with Gasteiger partial charge in [-0.1, -0.05) is 45.4 Å². The molecule has 1 rings (SSSR count). The Bertz CT molecular complexity index is 237. The maximum atomic E-state index is 11.5. The largest absolute Gasteiger partial charge is 0.388 e. The van der Waals surface area contributed by atoms with E-state index >= 15 is 0 Å². The highest BCUT2D eigenvalue weighted by Crippen LogP contribution is 2.30. The van der Waals surface area contributed by atoms with Crippen LogP contribution in [-0.4, -0.2) is 23.2 Å². The predicted octanol–water partition coefficient (Wildman–Crippen LogP) is 3.16. The molecule has 0 aromatic carbocycles. The Kier molecular flexibility index (Phi) is 7.33. The van der Waals surface area contributed by atoms with Gasteiger partial charge in [0, 0.05) is 13.0 Å². The van der Waals surface area contributed by atoms with Gasteiger partial charge in [0.2, 0.25) is 5.91 Å². The lowest BCUT2D eigenvalue weighted by Crippen LogP contribution is -2.47. The first-order valence-electron chi connectivity index (χ1n) is 7.65. The van der Waals surface area contributed by atoms with Crippen LogP contribution in [0.5, 0.6) is 0 Å². The zero-order valence-corrected chi connectivity index (χ0v) is 11.8. The lowest BCUT2D eigenvalue weighted by atomic mass is 9.80. The van der Waals surface area contributed by atoms with Crippen molar-refractivity contribution in [1.82, 2.24) is 5.32 Å². The van der Waals surface area contributed by atoms with Crippen molar-refractivity contribution in [2.24, 2.45) is 0 Å². The zero-order valence-electron chi connectivity index (χ0n) is 11.8. The molecule has 0 bridgehead atoms. The Morgan fingerprint density at radius 1 is 1.11 bits per heavy atom. The van der Waals surface area contributed by atoms with Crippen LogP contribution in [0, 0.1) is 0 Å². The first kappa shape index (κ1) is 15.5. The highest BCUT2D eigenvalue weighted by molar-refractivity contribution is 5.75. The molecule has 0 unspecified atom stereocenters. The summed E-state index contributed by atoms with van der Waals surface area (Å²) < 4.78 is 0. The van der Waals surface area contributed by atoms with Gasteiger partial charge in [-0.05, 0) is 25.7 Å². The molecule has 0 atom stereocenters. The minimum atomic E-state index is -0.587. The normalized spacial score (nSPS) is 17.2. The topological polar surface area (TPSA) is 49.3 Å². The number of aliphatic hydroxyl groups is 1. The fraction of sp³-hybridized carbons (Fsp3) is 0.933. The summed E-state index contributed by atoms with van der Waals surface area (Å²) in [7, 11) is 0. The van der Waals surface area contributed by atoms with Gasteiger partial charge in [0.15, 0.2) is 0 Å². The number of carbonyl (C=O) groups excluding carboxylic acids is 1. The van der Waals surface area contributed by atoms with E-state index in [9.17, 15) is 9.90 Å². The molecule has 0 radical (unpaired) electrons. The van der Waals surface area contributed by atoms with Crippen LogP contribution in [-0.2, 0) is 4.79 Å². The molecule has 0 aromatic heterocycles. The number of unbranched alkanes of at least 4 members (excludes halogenated alkanes) is 6. The predicted molar refractivity (Wildman–Crippen MR) is 74.4 cm³/mol. The Labute approximate surface area is 111 Å². The summed E-state index contributed by atoms with van der Waals surface area (Å²) in [4.78, 5) is 11.5. The Balaban J connectivity index is 1.87. The first-order chi connectivity index (χ1) is 8.66. The second-order valence-corrected chi connectivity index (χ2v) is 5.73. The minimum absolute atomic E-state index is 0.101. The van der Waals surface area contributed by atoms with Crippen LogP contribution in [0.1, 0.15) is 77.6 Å². The van der Waals surface area contributed by atoms with Gasteiger partial charge in [-0.15, -0.1) is 0 Å². The quantitative estimate of drug-likeness (QED) is 0.589. The molecule has 1 saturated carbocycles. The third-order valence-electron chi connectivity index (χ3n) is 3.91. The molecule has 1 fully saturated rings. The molecule has 3 nitrogen and oxygen atoms in total. The lowest BCUT2D eigenvalue weighted by Gasteiger charge is -2.36. The smallest absolute Gasteiger partial charge is 0.220 e. The van der Waals surface area contributed by atoms with Crippen molar-refractivity contribution >= 4 is 5.91 Å². The van der Waals surface area contributed by atoms with Gasteiger partial charge in [-0.3, -0.25) is 4.79 Å². The molecule has 1 aliphatic carbocycles. The van der Waals surface area contributed by atoms with Crippen LogP contribution >= 0.6 is 0 Å². The monoisotopic (exact) mass is 255 g/mol. The van der Waals surface area contributed by atoms with Gasteiger partial charge in [-0.2, -0.15) is 0 Å². The molecule has 0 heterocycles. The third kappa shape index (κ3) is 6.39. The number of rotatable bonds is 10. The van der Waals surface area contributed by atoms with E-state index < -0.39 is 5.60 Å². The summed E-state index contributed by atoms with van der Waals surface area (Å²) in [6, 6.07) is 0. The van der Waals surface area contributed by atoms with E-state index in [0.717, 1.165) is 32.1 Å². The van der Waals surface area contributed by atoms with E-state index in [-0.39, 0.29) is 5.91 Å². The van der Waals surface area contributed by atoms with Crippen LogP contribution < -0.4 is 5.32 Å². The van der Waals surface area contributed by atoms with Crippen molar-refractivity contribution < 1.29 is 9.90 Å². The van der Waals surface area contributed by atoms with Gasteiger partial charge in [0.05, 0.1) is 5.60 Å². The Morgan fingerprint density at radius 2 is 1.72 bits per heavy atom. The molecule has 0 aromatic rings. The molecule has 3 heteroatoms. The van der Waals surface area contributed by atoms with Crippen molar-refractivity contribution in [2.75, 3.05) is 6.54 Å². The van der Waals surface area contributed by atoms with Crippen LogP contribution in [0.4, 0.5) is 0 Å². The summed E-state index contributed by atoms with van der Waals surface area (Å²) >= 11 is 0. The summed E-state index contributed by atoms with van der Waals surface area (Å²) in [5, 5.41) is 12.7. The maximum Gasteiger partial charge on any atom is 0.220 e. The van der Waals surface area contributed by atoms with Crippen LogP contribution in [0.2, 0.25) is 0 Å². The highest BCUT2D eigenvalue weighted by atomic mass is 16.3. The number of hydrogen-bond donors (Lipinski definition) is 2. The Hall–Kier alpha value is -0.570. The van der Waals surface area contributed by atoms with Crippen molar-refractivity contribution in [3.05, 3.63) is 0 Å². The summed E-state index contributed by atoms with van der Waals surface area (Å²) in [5.41, 5.74) is -0.587. The number of amides is 1. The number of hydrogen-bond acceptors (Lipinski definition) is 2. The average molecular weight is 255 g/mol. The van der Waals surface area contributed by atoms with Crippen LogP contribution in [0.25, 0.3) is 0 Å². The number of carbonyl (C=O) groups is 1.